The molecule has 0 spiro atoms. The molecule has 1 amide bonds. The normalized spacial score (nSPS) is 11.9. The van der Waals surface area contributed by atoms with Crippen LogP contribution in [-0.2, 0) is 11.2 Å². The number of furan rings is 1. The summed E-state index contributed by atoms with van der Waals surface area (Å²) in [4.78, 5) is 12.8. The van der Waals surface area contributed by atoms with Crippen molar-refractivity contribution in [1.29, 1.82) is 0 Å². The van der Waals surface area contributed by atoms with Crippen LogP contribution in [0.15, 0.2) is 89.3 Å². The van der Waals surface area contributed by atoms with Gasteiger partial charge in [-0.2, -0.15) is 0 Å². The van der Waals surface area contributed by atoms with Crippen LogP contribution in [-0.4, -0.2) is 13.0 Å². The number of nitrogens with one attached hydrogen (secondary N) is 1. The third-order valence-corrected chi connectivity index (χ3v) is 4.69. The zero-order valence-corrected chi connectivity index (χ0v) is 15.6. The minimum absolute atomic E-state index is 0.0699. The van der Waals surface area contributed by atoms with E-state index in [4.69, 9.17) is 9.15 Å². The first-order valence-corrected chi connectivity index (χ1v) is 9.18. The van der Waals surface area contributed by atoms with E-state index < -0.39 is 0 Å². The average Bonchev–Trinajstić information content (AvgIpc) is 3.17. The lowest BCUT2D eigenvalue weighted by molar-refractivity contribution is -0.121. The third-order valence-electron chi connectivity index (χ3n) is 4.69. The van der Waals surface area contributed by atoms with Gasteiger partial charge in [-0.3, -0.25) is 4.79 Å². The van der Waals surface area contributed by atoms with E-state index >= 15 is 0 Å². The van der Waals surface area contributed by atoms with E-state index in [1.54, 1.807) is 7.11 Å². The summed E-state index contributed by atoms with van der Waals surface area (Å²) in [5, 5.41) is 4.14. The van der Waals surface area contributed by atoms with Crippen LogP contribution in [0.2, 0.25) is 0 Å². The molecule has 1 N–H and O–H groups in total. The molecule has 4 aromatic rings. The lowest BCUT2D eigenvalue weighted by atomic mass is 10.0. The lowest BCUT2D eigenvalue weighted by Crippen LogP contribution is -2.30. The molecule has 0 saturated carbocycles. The van der Waals surface area contributed by atoms with Crippen molar-refractivity contribution < 1.29 is 13.9 Å². The van der Waals surface area contributed by atoms with Crippen molar-refractivity contribution in [3.63, 3.8) is 0 Å². The van der Waals surface area contributed by atoms with E-state index in [0.717, 1.165) is 33.6 Å². The number of amides is 1. The smallest absolute Gasteiger partial charge is 0.225 e. The summed E-state index contributed by atoms with van der Waals surface area (Å²) in [6.07, 6.45) is 0.285. The zero-order chi connectivity index (χ0) is 19.3. The van der Waals surface area contributed by atoms with Gasteiger partial charge in [0.1, 0.15) is 23.1 Å². The van der Waals surface area contributed by atoms with Gasteiger partial charge < -0.3 is 14.5 Å². The molecule has 0 fully saturated rings. The fourth-order valence-electron chi connectivity index (χ4n) is 3.25. The SMILES string of the molecule is COc1ccc(CC(=O)NC(c2ccccc2)c2cc3ccccc3o2)cc1. The first-order valence-electron chi connectivity index (χ1n) is 9.18. The Bertz CT molecular complexity index is 1030. The van der Waals surface area contributed by atoms with Crippen LogP contribution in [0.3, 0.4) is 0 Å². The topological polar surface area (TPSA) is 51.5 Å². The molecule has 1 unspecified atom stereocenters. The van der Waals surface area contributed by atoms with Crippen molar-refractivity contribution in [3.8, 4) is 5.75 Å². The van der Waals surface area contributed by atoms with Crippen LogP contribution in [0.4, 0.5) is 0 Å². The molecule has 0 radical (unpaired) electrons. The van der Waals surface area contributed by atoms with E-state index in [9.17, 15) is 4.79 Å². The molecular weight excluding hydrogens is 350 g/mol. The summed E-state index contributed by atoms with van der Waals surface area (Å²) in [5.74, 6) is 1.42. The van der Waals surface area contributed by atoms with Crippen LogP contribution in [0.5, 0.6) is 5.75 Å². The molecule has 3 aromatic carbocycles. The Hall–Kier alpha value is -3.53. The summed E-state index contributed by atoms with van der Waals surface area (Å²) >= 11 is 0. The number of fused-ring (bicyclic) bond motifs is 1. The minimum atomic E-state index is -0.348. The third kappa shape index (κ3) is 3.91. The highest BCUT2D eigenvalue weighted by atomic mass is 16.5. The predicted octanol–water partition coefficient (Wildman–Crippen LogP) is 4.89. The second-order valence-electron chi connectivity index (χ2n) is 6.62. The van der Waals surface area contributed by atoms with E-state index in [1.165, 1.54) is 0 Å². The average molecular weight is 371 g/mol. The van der Waals surface area contributed by atoms with Crippen LogP contribution in [0.25, 0.3) is 11.0 Å². The zero-order valence-electron chi connectivity index (χ0n) is 15.6. The molecule has 0 saturated heterocycles. The van der Waals surface area contributed by atoms with Crippen molar-refractivity contribution in [3.05, 3.63) is 102 Å². The maximum absolute atomic E-state index is 12.8. The van der Waals surface area contributed by atoms with Gasteiger partial charge in [-0.15, -0.1) is 0 Å². The van der Waals surface area contributed by atoms with E-state index in [2.05, 4.69) is 5.32 Å². The van der Waals surface area contributed by atoms with Crippen molar-refractivity contribution in [2.75, 3.05) is 7.11 Å². The molecule has 4 heteroatoms. The maximum Gasteiger partial charge on any atom is 0.225 e. The molecule has 140 valence electrons. The monoisotopic (exact) mass is 371 g/mol. The number of hydrogen-bond acceptors (Lipinski definition) is 3. The summed E-state index contributed by atoms with van der Waals surface area (Å²) in [6, 6.07) is 26.9. The number of ether oxygens (including phenoxy) is 1. The Labute approximate surface area is 163 Å². The molecule has 4 nitrogen and oxygen atoms in total. The van der Waals surface area contributed by atoms with Crippen molar-refractivity contribution in [1.82, 2.24) is 5.32 Å². The first kappa shape index (κ1) is 17.9. The standard InChI is InChI=1S/C24H21NO3/c1-27-20-13-11-17(12-14-20)15-23(26)25-24(18-7-3-2-4-8-18)22-16-19-9-5-6-10-21(19)28-22/h2-14,16,24H,15H2,1H3,(H,25,26). The fourth-order valence-corrected chi connectivity index (χ4v) is 3.25. The van der Waals surface area contributed by atoms with Crippen molar-refractivity contribution >= 4 is 16.9 Å². The second-order valence-corrected chi connectivity index (χ2v) is 6.62. The largest absolute Gasteiger partial charge is 0.497 e. The molecule has 1 heterocycles. The van der Waals surface area contributed by atoms with Gasteiger partial charge in [0.2, 0.25) is 5.91 Å². The van der Waals surface area contributed by atoms with Gasteiger partial charge >= 0.3 is 0 Å². The Balaban J connectivity index is 1.59. The number of carbonyl (C=O) groups is 1. The van der Waals surface area contributed by atoms with Crippen LogP contribution < -0.4 is 10.1 Å². The number of carbonyl (C=O) groups excluding carboxylic acids is 1. The predicted molar refractivity (Wildman–Crippen MR) is 109 cm³/mol. The number of hydrogen-bond donors (Lipinski definition) is 1. The minimum Gasteiger partial charge on any atom is -0.497 e. The molecule has 28 heavy (non-hydrogen) atoms. The fraction of sp³-hybridized carbons (Fsp3) is 0.125. The second kappa shape index (κ2) is 8.01. The van der Waals surface area contributed by atoms with E-state index in [0.29, 0.717) is 0 Å². The number of rotatable bonds is 6. The molecule has 1 aromatic heterocycles. The molecule has 0 aliphatic heterocycles. The highest BCUT2D eigenvalue weighted by Crippen LogP contribution is 2.28. The van der Waals surface area contributed by atoms with E-state index in [-0.39, 0.29) is 18.4 Å². The Morgan fingerprint density at radius 1 is 0.964 bits per heavy atom. The van der Waals surface area contributed by atoms with Gasteiger partial charge in [0.25, 0.3) is 0 Å². The van der Waals surface area contributed by atoms with E-state index in [1.807, 2.05) is 84.9 Å². The van der Waals surface area contributed by atoms with Gasteiger partial charge in [-0.05, 0) is 35.4 Å². The molecular formula is C24H21NO3. The lowest BCUT2D eigenvalue weighted by Gasteiger charge is -2.17. The van der Waals surface area contributed by atoms with Gasteiger partial charge in [0, 0.05) is 5.39 Å². The molecule has 1 atom stereocenters. The molecule has 0 aliphatic carbocycles. The summed E-state index contributed by atoms with van der Waals surface area (Å²) in [7, 11) is 1.62. The first-order chi connectivity index (χ1) is 13.7. The van der Waals surface area contributed by atoms with Crippen LogP contribution in [0.1, 0.15) is 22.9 Å². The van der Waals surface area contributed by atoms with Crippen LogP contribution in [0, 0.1) is 0 Å². The molecule has 0 bridgehead atoms. The van der Waals surface area contributed by atoms with Gasteiger partial charge in [-0.1, -0.05) is 60.7 Å². The van der Waals surface area contributed by atoms with Gasteiger partial charge in [0.05, 0.1) is 13.5 Å². The van der Waals surface area contributed by atoms with Crippen LogP contribution >= 0.6 is 0 Å². The maximum atomic E-state index is 12.8. The van der Waals surface area contributed by atoms with Gasteiger partial charge in [0.15, 0.2) is 0 Å². The summed E-state index contributed by atoms with van der Waals surface area (Å²) in [6.45, 7) is 0. The van der Waals surface area contributed by atoms with Crippen molar-refractivity contribution in [2.45, 2.75) is 12.5 Å². The highest BCUT2D eigenvalue weighted by molar-refractivity contribution is 5.81. The van der Waals surface area contributed by atoms with Crippen molar-refractivity contribution in [2.24, 2.45) is 0 Å². The summed E-state index contributed by atoms with van der Waals surface area (Å²) < 4.78 is 11.2. The Morgan fingerprint density at radius 2 is 1.68 bits per heavy atom. The highest BCUT2D eigenvalue weighted by Gasteiger charge is 2.21. The number of benzene rings is 3. The summed E-state index contributed by atoms with van der Waals surface area (Å²) in [5.41, 5.74) is 2.71. The molecule has 0 aliphatic rings. The quantitative estimate of drug-likeness (QED) is 0.525. The Kier molecular flexibility index (Phi) is 5.11. The Morgan fingerprint density at radius 3 is 2.39 bits per heavy atom. The number of methoxy groups -OCH3 is 1. The molecule has 4 rings (SSSR count). The van der Waals surface area contributed by atoms with Gasteiger partial charge in [-0.25, -0.2) is 0 Å². The number of para-hydroxylation sites is 1.